The number of aryl methyl sites for hydroxylation is 2. The van der Waals surface area contributed by atoms with Crippen molar-refractivity contribution in [1.29, 1.82) is 0 Å². The quantitative estimate of drug-likeness (QED) is 0.223. The zero-order chi connectivity index (χ0) is 31.5. The van der Waals surface area contributed by atoms with Gasteiger partial charge >= 0.3 is 0 Å². The molecule has 0 radical (unpaired) electrons. The summed E-state index contributed by atoms with van der Waals surface area (Å²) in [5.41, 5.74) is 2.54. The van der Waals surface area contributed by atoms with Gasteiger partial charge in [0.05, 0.1) is 17.0 Å². The van der Waals surface area contributed by atoms with Gasteiger partial charge in [-0.05, 0) is 89.0 Å². The molecule has 4 aromatic rings. The Balaban J connectivity index is 1.13. The highest BCUT2D eigenvalue weighted by molar-refractivity contribution is 5.93. The lowest BCUT2D eigenvalue weighted by Crippen LogP contribution is -2.55. The first-order valence-electron chi connectivity index (χ1n) is 16.2. The molecule has 238 valence electrons. The number of pyridine rings is 1. The number of likely N-dealkylation sites (N-methyl/N-ethyl adjacent to an activating group) is 1. The Kier molecular flexibility index (Phi) is 9.37. The molecule has 0 bridgehead atoms. The normalized spacial score (nSPS) is 19.7. The summed E-state index contributed by atoms with van der Waals surface area (Å²) in [6, 6.07) is 14.0. The number of amides is 1. The predicted molar refractivity (Wildman–Crippen MR) is 176 cm³/mol. The van der Waals surface area contributed by atoms with E-state index >= 15 is 0 Å². The highest BCUT2D eigenvalue weighted by atomic mass is 16.5. The molecule has 2 aliphatic rings. The van der Waals surface area contributed by atoms with E-state index in [9.17, 15) is 9.59 Å². The van der Waals surface area contributed by atoms with Gasteiger partial charge in [0.15, 0.2) is 11.3 Å². The predicted octanol–water partition coefficient (Wildman–Crippen LogP) is 5.84. The first-order chi connectivity index (χ1) is 21.7. The fourth-order valence-electron chi connectivity index (χ4n) is 6.56. The molecule has 9 heteroatoms. The van der Waals surface area contributed by atoms with Crippen LogP contribution in [0.2, 0.25) is 0 Å². The van der Waals surface area contributed by atoms with Crippen LogP contribution in [-0.4, -0.2) is 72.1 Å². The van der Waals surface area contributed by atoms with Crippen molar-refractivity contribution in [2.45, 2.75) is 77.4 Å². The number of piperazine rings is 1. The minimum Gasteiger partial charge on any atom is -0.488 e. The molecule has 2 fully saturated rings. The number of nitrogens with one attached hydrogen (secondary N) is 1. The minimum atomic E-state index is -0.101. The number of benzene rings is 2. The van der Waals surface area contributed by atoms with E-state index in [2.05, 4.69) is 41.0 Å². The van der Waals surface area contributed by atoms with Gasteiger partial charge in [0.25, 0.3) is 0 Å². The molecule has 2 atom stereocenters. The van der Waals surface area contributed by atoms with Gasteiger partial charge in [0, 0.05) is 55.9 Å². The topological polar surface area (TPSA) is 97.1 Å². The second-order valence-corrected chi connectivity index (χ2v) is 12.8. The molecule has 2 aromatic carbocycles. The lowest BCUT2D eigenvalue weighted by molar-refractivity contribution is -0.121. The van der Waals surface area contributed by atoms with Crippen molar-refractivity contribution in [2.75, 3.05) is 33.3 Å². The zero-order valence-corrected chi connectivity index (χ0v) is 26.8. The van der Waals surface area contributed by atoms with Crippen molar-refractivity contribution >= 4 is 27.8 Å². The van der Waals surface area contributed by atoms with Crippen molar-refractivity contribution in [2.24, 2.45) is 0 Å². The number of aromatic nitrogens is 1. The van der Waals surface area contributed by atoms with E-state index in [1.807, 2.05) is 31.2 Å². The van der Waals surface area contributed by atoms with E-state index in [4.69, 9.17) is 13.9 Å². The van der Waals surface area contributed by atoms with Crippen molar-refractivity contribution in [1.82, 2.24) is 20.1 Å². The van der Waals surface area contributed by atoms with Gasteiger partial charge in [-0.2, -0.15) is 0 Å². The molecule has 6 rings (SSSR count). The lowest BCUT2D eigenvalue weighted by Gasteiger charge is -2.42. The van der Waals surface area contributed by atoms with Crippen LogP contribution < -0.4 is 20.2 Å². The Morgan fingerprint density at radius 2 is 1.78 bits per heavy atom. The van der Waals surface area contributed by atoms with Crippen LogP contribution in [0.15, 0.2) is 57.9 Å². The first kappa shape index (κ1) is 31.0. The standard InChI is InChI=1S/C36H44N4O5/c1-23-17-31-35(42)30-13-12-28(44-29-11-9-26(37-20-29)10-14-34(41)38-27-7-5-6-8-27)19-32(30)45-36(31)33(18-23)43-16-15-40-21-24(2)39(4)25(3)22-40/h9,11-13,17-20,24-25,27H,5-8,10,14-16,21-22H2,1-4H3,(H,38,41)/t24-,25+. The lowest BCUT2D eigenvalue weighted by atomic mass is 10.1. The number of nitrogens with zero attached hydrogens (tertiary/aromatic N) is 3. The van der Waals surface area contributed by atoms with Crippen molar-refractivity contribution in [3.05, 3.63) is 70.1 Å². The van der Waals surface area contributed by atoms with Crippen LogP contribution in [-0.2, 0) is 11.2 Å². The summed E-state index contributed by atoms with van der Waals surface area (Å²) in [6.45, 7) is 9.76. The maximum absolute atomic E-state index is 13.5. The smallest absolute Gasteiger partial charge is 0.220 e. The van der Waals surface area contributed by atoms with E-state index in [1.54, 1.807) is 24.4 Å². The van der Waals surface area contributed by atoms with Gasteiger partial charge in [-0.3, -0.25) is 24.4 Å². The van der Waals surface area contributed by atoms with Crippen molar-refractivity contribution in [3.63, 3.8) is 0 Å². The minimum absolute atomic E-state index is 0.0808. The van der Waals surface area contributed by atoms with Crippen molar-refractivity contribution < 1.29 is 18.7 Å². The largest absolute Gasteiger partial charge is 0.488 e. The average Bonchev–Trinajstić information content (AvgIpc) is 3.53. The molecule has 3 heterocycles. The molecule has 1 saturated carbocycles. The highest BCUT2D eigenvalue weighted by Crippen LogP contribution is 2.31. The molecule has 0 unspecified atom stereocenters. The second kappa shape index (κ2) is 13.6. The van der Waals surface area contributed by atoms with E-state index in [0.29, 0.717) is 76.8 Å². The Morgan fingerprint density at radius 3 is 2.51 bits per heavy atom. The van der Waals surface area contributed by atoms with Gasteiger partial charge in [-0.25, -0.2) is 0 Å². The molecule has 0 spiro atoms. The summed E-state index contributed by atoms with van der Waals surface area (Å²) in [6.07, 6.45) is 7.19. The summed E-state index contributed by atoms with van der Waals surface area (Å²) in [7, 11) is 2.18. The van der Waals surface area contributed by atoms with E-state index in [1.165, 1.54) is 12.8 Å². The third-order valence-corrected chi connectivity index (χ3v) is 9.32. The summed E-state index contributed by atoms with van der Waals surface area (Å²) in [4.78, 5) is 35.1. The number of hydrogen-bond donors (Lipinski definition) is 1. The Bertz CT molecular complexity index is 1700. The number of rotatable bonds is 10. The molecule has 1 saturated heterocycles. The number of ether oxygens (including phenoxy) is 2. The average molecular weight is 613 g/mol. The summed E-state index contributed by atoms with van der Waals surface area (Å²) in [5, 5.41) is 4.11. The van der Waals surface area contributed by atoms with Crippen molar-refractivity contribution in [3.8, 4) is 17.2 Å². The van der Waals surface area contributed by atoms with Gasteiger partial charge in [0.2, 0.25) is 11.3 Å². The van der Waals surface area contributed by atoms with Crippen LogP contribution in [0.3, 0.4) is 0 Å². The summed E-state index contributed by atoms with van der Waals surface area (Å²) >= 11 is 0. The third-order valence-electron chi connectivity index (χ3n) is 9.32. The van der Waals surface area contributed by atoms with Crippen LogP contribution in [0, 0.1) is 6.92 Å². The SMILES string of the molecule is Cc1cc(OCCN2C[C@@H](C)N(C)[C@@H](C)C2)c2oc3cc(Oc4ccc(CCC(=O)NC5CCCC5)nc4)ccc3c(=O)c2c1. The van der Waals surface area contributed by atoms with Crippen LogP contribution in [0.25, 0.3) is 21.9 Å². The maximum atomic E-state index is 13.5. The fourth-order valence-corrected chi connectivity index (χ4v) is 6.56. The van der Waals surface area contributed by atoms with E-state index < -0.39 is 0 Å². The third kappa shape index (κ3) is 7.31. The summed E-state index contributed by atoms with van der Waals surface area (Å²) in [5.74, 6) is 1.74. The van der Waals surface area contributed by atoms with Gasteiger partial charge < -0.3 is 19.2 Å². The Morgan fingerprint density at radius 1 is 1.02 bits per heavy atom. The molecule has 1 amide bonds. The number of hydrogen-bond acceptors (Lipinski definition) is 8. The first-order valence-corrected chi connectivity index (χ1v) is 16.2. The molecular weight excluding hydrogens is 568 g/mol. The maximum Gasteiger partial charge on any atom is 0.220 e. The molecule has 1 aliphatic carbocycles. The molecule has 45 heavy (non-hydrogen) atoms. The number of carbonyl (C=O) groups is 1. The van der Waals surface area contributed by atoms with Gasteiger partial charge in [0.1, 0.15) is 23.7 Å². The van der Waals surface area contributed by atoms with Gasteiger partial charge in [-0.1, -0.05) is 12.8 Å². The summed E-state index contributed by atoms with van der Waals surface area (Å²) < 4.78 is 18.7. The molecule has 1 aliphatic heterocycles. The van der Waals surface area contributed by atoms with Crippen LogP contribution in [0.5, 0.6) is 17.2 Å². The van der Waals surface area contributed by atoms with Gasteiger partial charge in [-0.15, -0.1) is 0 Å². The Labute approximate surface area is 264 Å². The fraction of sp³-hybridized carbons (Fsp3) is 0.472. The zero-order valence-electron chi connectivity index (χ0n) is 26.8. The number of fused-ring (bicyclic) bond motifs is 2. The van der Waals surface area contributed by atoms with E-state index in [0.717, 1.165) is 43.7 Å². The van der Waals surface area contributed by atoms with Crippen LogP contribution in [0.4, 0.5) is 0 Å². The highest BCUT2D eigenvalue weighted by Gasteiger charge is 2.26. The van der Waals surface area contributed by atoms with Crippen LogP contribution >= 0.6 is 0 Å². The second-order valence-electron chi connectivity index (χ2n) is 12.8. The molecular formula is C36H44N4O5. The molecule has 2 aromatic heterocycles. The monoisotopic (exact) mass is 612 g/mol. The Hall–Kier alpha value is -3.95. The van der Waals surface area contributed by atoms with Crippen LogP contribution in [0.1, 0.15) is 57.2 Å². The molecule has 1 N–H and O–H groups in total. The van der Waals surface area contributed by atoms with E-state index in [-0.39, 0.29) is 11.3 Å². The number of carbonyl (C=O) groups excluding carboxylic acids is 1. The molecule has 9 nitrogen and oxygen atoms in total.